The molecule has 1 heterocycles. The fraction of sp³-hybridized carbons (Fsp3) is 0.231. The minimum Gasteiger partial charge on any atom is -0.462 e. The number of halogens is 1. The van der Waals surface area contributed by atoms with Crippen molar-refractivity contribution in [2.75, 3.05) is 6.61 Å². The van der Waals surface area contributed by atoms with Gasteiger partial charge < -0.3 is 9.30 Å². The summed E-state index contributed by atoms with van der Waals surface area (Å²) < 4.78 is 7.69. The van der Waals surface area contributed by atoms with Crippen LogP contribution in [0.5, 0.6) is 0 Å². The van der Waals surface area contributed by atoms with Crippen LogP contribution in [0.3, 0.4) is 0 Å². The fourth-order valence-corrected chi connectivity index (χ4v) is 2.28. The predicted octanol–water partition coefficient (Wildman–Crippen LogP) is 2.32. The number of fused-ring (bicyclic) bond motifs is 1. The fourth-order valence-electron chi connectivity index (χ4n) is 1.81. The third-order valence-electron chi connectivity index (χ3n) is 2.65. The standard InChI is InChI=1S/C13H12INO3/c1-3-18-13(17)10-7-15(2)11-6-8(14)4-5-9(11)12(10)16/h4-7H,3H2,1-2H3. The van der Waals surface area contributed by atoms with Gasteiger partial charge in [-0.3, -0.25) is 4.79 Å². The molecule has 0 N–H and O–H groups in total. The molecule has 0 fully saturated rings. The van der Waals surface area contributed by atoms with Crippen LogP contribution >= 0.6 is 22.6 Å². The van der Waals surface area contributed by atoms with Gasteiger partial charge in [0.05, 0.1) is 12.1 Å². The first kappa shape index (κ1) is 13.1. The molecule has 18 heavy (non-hydrogen) atoms. The Morgan fingerprint density at radius 3 is 2.83 bits per heavy atom. The van der Waals surface area contributed by atoms with Crippen LogP contribution in [-0.4, -0.2) is 17.1 Å². The summed E-state index contributed by atoms with van der Waals surface area (Å²) in [6, 6.07) is 5.49. The number of aryl methyl sites for hydroxylation is 1. The largest absolute Gasteiger partial charge is 0.462 e. The Kier molecular flexibility index (Phi) is 3.70. The van der Waals surface area contributed by atoms with Crippen LogP contribution in [0.1, 0.15) is 17.3 Å². The summed E-state index contributed by atoms with van der Waals surface area (Å²) in [5.74, 6) is -0.571. The zero-order valence-corrected chi connectivity index (χ0v) is 12.2. The lowest BCUT2D eigenvalue weighted by Crippen LogP contribution is -2.20. The summed E-state index contributed by atoms with van der Waals surface area (Å²) in [6.45, 7) is 1.97. The SMILES string of the molecule is CCOC(=O)c1cn(C)c2cc(I)ccc2c1=O. The smallest absolute Gasteiger partial charge is 0.343 e. The van der Waals surface area contributed by atoms with Crippen LogP contribution in [0.25, 0.3) is 10.9 Å². The lowest BCUT2D eigenvalue weighted by atomic mass is 10.1. The zero-order chi connectivity index (χ0) is 13.3. The number of hydrogen-bond acceptors (Lipinski definition) is 3. The van der Waals surface area contributed by atoms with E-state index < -0.39 is 5.97 Å². The maximum Gasteiger partial charge on any atom is 0.343 e. The summed E-state index contributed by atoms with van der Waals surface area (Å²) in [5, 5.41) is 0.531. The number of rotatable bonds is 2. The van der Waals surface area contributed by atoms with Crippen molar-refractivity contribution in [3.05, 3.63) is 43.8 Å². The maximum absolute atomic E-state index is 12.2. The molecule has 0 bridgehead atoms. The molecule has 0 saturated carbocycles. The van der Waals surface area contributed by atoms with Gasteiger partial charge in [0.15, 0.2) is 0 Å². The van der Waals surface area contributed by atoms with E-state index in [1.165, 1.54) is 6.20 Å². The molecule has 2 aromatic rings. The van der Waals surface area contributed by atoms with Gasteiger partial charge in [-0.05, 0) is 47.7 Å². The molecule has 4 nitrogen and oxygen atoms in total. The second-order valence-corrected chi connectivity index (χ2v) is 5.11. The number of benzene rings is 1. The van der Waals surface area contributed by atoms with Gasteiger partial charge in [-0.25, -0.2) is 4.79 Å². The molecular weight excluding hydrogens is 345 g/mol. The minimum absolute atomic E-state index is 0.0769. The lowest BCUT2D eigenvalue weighted by Gasteiger charge is -2.08. The third kappa shape index (κ3) is 2.27. The minimum atomic E-state index is -0.571. The molecule has 0 unspecified atom stereocenters. The molecule has 0 atom stereocenters. The number of pyridine rings is 1. The Hall–Kier alpha value is -1.37. The van der Waals surface area contributed by atoms with Crippen molar-refractivity contribution in [2.24, 2.45) is 7.05 Å². The quantitative estimate of drug-likeness (QED) is 0.612. The monoisotopic (exact) mass is 357 g/mol. The molecule has 0 amide bonds. The normalized spacial score (nSPS) is 10.6. The Bertz CT molecular complexity index is 676. The van der Waals surface area contributed by atoms with Crippen LogP contribution in [0.2, 0.25) is 0 Å². The van der Waals surface area contributed by atoms with Crippen molar-refractivity contribution in [1.82, 2.24) is 4.57 Å². The molecule has 5 heteroatoms. The molecule has 0 saturated heterocycles. The van der Waals surface area contributed by atoms with E-state index in [4.69, 9.17) is 4.74 Å². The van der Waals surface area contributed by atoms with Crippen LogP contribution in [0.4, 0.5) is 0 Å². The van der Waals surface area contributed by atoms with Crippen LogP contribution in [0, 0.1) is 3.57 Å². The summed E-state index contributed by atoms with van der Waals surface area (Å²) in [5.41, 5.74) is 0.603. The first-order valence-corrected chi connectivity index (χ1v) is 6.58. The molecule has 1 aromatic carbocycles. The zero-order valence-electron chi connectivity index (χ0n) is 10.1. The van der Waals surface area contributed by atoms with Gasteiger partial charge >= 0.3 is 5.97 Å². The number of aromatic nitrogens is 1. The summed E-state index contributed by atoms with van der Waals surface area (Å²) in [7, 11) is 1.81. The highest BCUT2D eigenvalue weighted by molar-refractivity contribution is 14.1. The van der Waals surface area contributed by atoms with Crippen molar-refractivity contribution in [2.45, 2.75) is 6.92 Å². The highest BCUT2D eigenvalue weighted by atomic mass is 127. The number of esters is 1. The highest BCUT2D eigenvalue weighted by Crippen LogP contribution is 2.15. The molecule has 0 spiro atoms. The van der Waals surface area contributed by atoms with Crippen molar-refractivity contribution < 1.29 is 9.53 Å². The molecule has 0 aliphatic rings. The molecule has 0 radical (unpaired) electrons. The number of carbonyl (C=O) groups is 1. The third-order valence-corrected chi connectivity index (χ3v) is 3.32. The molecule has 94 valence electrons. The summed E-state index contributed by atoms with van der Waals surface area (Å²) in [4.78, 5) is 23.9. The van der Waals surface area contributed by atoms with Crippen molar-refractivity contribution in [3.63, 3.8) is 0 Å². The predicted molar refractivity (Wildman–Crippen MR) is 77.9 cm³/mol. The van der Waals surface area contributed by atoms with E-state index in [0.29, 0.717) is 5.39 Å². The lowest BCUT2D eigenvalue weighted by molar-refractivity contribution is 0.0524. The van der Waals surface area contributed by atoms with E-state index in [-0.39, 0.29) is 17.6 Å². The average molecular weight is 357 g/mol. The molecule has 0 aliphatic heterocycles. The van der Waals surface area contributed by atoms with Gasteiger partial charge in [0.25, 0.3) is 0 Å². The Labute approximate surface area is 118 Å². The van der Waals surface area contributed by atoms with E-state index >= 15 is 0 Å². The first-order valence-electron chi connectivity index (χ1n) is 5.50. The molecule has 1 aromatic heterocycles. The van der Waals surface area contributed by atoms with Crippen molar-refractivity contribution in [1.29, 1.82) is 0 Å². The van der Waals surface area contributed by atoms with Crippen molar-refractivity contribution in [3.8, 4) is 0 Å². The number of carbonyl (C=O) groups excluding carboxylic acids is 1. The number of ether oxygens (including phenoxy) is 1. The topological polar surface area (TPSA) is 48.3 Å². The Morgan fingerprint density at radius 1 is 1.44 bits per heavy atom. The summed E-state index contributed by atoms with van der Waals surface area (Å²) in [6.07, 6.45) is 1.53. The van der Waals surface area contributed by atoms with E-state index in [1.54, 1.807) is 24.6 Å². The summed E-state index contributed by atoms with van der Waals surface area (Å²) >= 11 is 2.18. The first-order chi connectivity index (χ1) is 8.54. The van der Waals surface area contributed by atoms with E-state index in [2.05, 4.69) is 22.6 Å². The van der Waals surface area contributed by atoms with Gasteiger partial charge in [0.2, 0.25) is 5.43 Å². The van der Waals surface area contributed by atoms with Gasteiger partial charge in [-0.15, -0.1) is 0 Å². The van der Waals surface area contributed by atoms with E-state index in [9.17, 15) is 9.59 Å². The van der Waals surface area contributed by atoms with E-state index in [1.807, 2.05) is 12.1 Å². The highest BCUT2D eigenvalue weighted by Gasteiger charge is 2.15. The van der Waals surface area contributed by atoms with Crippen LogP contribution in [-0.2, 0) is 11.8 Å². The number of hydrogen-bond donors (Lipinski definition) is 0. The maximum atomic E-state index is 12.2. The van der Waals surface area contributed by atoms with Gasteiger partial charge in [-0.2, -0.15) is 0 Å². The molecule has 2 rings (SSSR count). The van der Waals surface area contributed by atoms with Crippen LogP contribution in [0.15, 0.2) is 29.2 Å². The Balaban J connectivity index is 2.73. The molecule has 0 aliphatic carbocycles. The Morgan fingerprint density at radius 2 is 2.17 bits per heavy atom. The average Bonchev–Trinajstić information content (AvgIpc) is 2.34. The second kappa shape index (κ2) is 5.09. The number of nitrogens with zero attached hydrogens (tertiary/aromatic N) is 1. The second-order valence-electron chi connectivity index (χ2n) is 3.86. The van der Waals surface area contributed by atoms with Crippen LogP contribution < -0.4 is 5.43 Å². The van der Waals surface area contributed by atoms with Gasteiger partial charge in [0, 0.05) is 22.2 Å². The van der Waals surface area contributed by atoms with Crippen molar-refractivity contribution >= 4 is 39.5 Å². The van der Waals surface area contributed by atoms with E-state index in [0.717, 1.165) is 9.09 Å². The van der Waals surface area contributed by atoms with Gasteiger partial charge in [0.1, 0.15) is 5.56 Å². The molecular formula is C13H12INO3. The van der Waals surface area contributed by atoms with Gasteiger partial charge in [-0.1, -0.05) is 0 Å².